The zero-order valence-electron chi connectivity index (χ0n) is 23.3. The van der Waals surface area contributed by atoms with E-state index in [9.17, 15) is 19.2 Å². The minimum Gasteiger partial charge on any atom is -0.366 e. The van der Waals surface area contributed by atoms with E-state index < -0.39 is 29.7 Å². The molecule has 2 atom stereocenters. The first-order valence-electron chi connectivity index (χ1n) is 13.9. The van der Waals surface area contributed by atoms with Gasteiger partial charge in [-0.3, -0.25) is 23.5 Å². The third kappa shape index (κ3) is 5.73. The number of hydrogen-bond donors (Lipinski definition) is 3. The summed E-state index contributed by atoms with van der Waals surface area (Å²) in [5.41, 5.74) is 5.90. The number of nitrogens with one attached hydrogen (secondary N) is 2. The summed E-state index contributed by atoms with van der Waals surface area (Å²) >= 11 is 0. The Hall–Kier alpha value is -4.07. The number of allylic oxidation sites excluding steroid dienone is 2. The first-order chi connectivity index (χ1) is 19.8. The molecule has 0 bridgehead atoms. The number of carbonyl (C=O) groups is 2. The molecule has 0 radical (unpaired) electrons. The molecule has 1 amide bonds. The molecular weight excluding hydrogens is 528 g/mol. The number of aromatic nitrogens is 4. The molecule has 2 aromatic heterocycles. The fraction of sp³-hybridized carbons (Fsp3) is 0.464. The van der Waals surface area contributed by atoms with Crippen molar-refractivity contribution in [3.8, 4) is 0 Å². The number of hydrogen-bond acceptors (Lipinski definition) is 9. The smallest absolute Gasteiger partial charge is 0.332 e. The molecule has 41 heavy (non-hydrogen) atoms. The Labute approximate surface area is 236 Å². The van der Waals surface area contributed by atoms with E-state index in [1.807, 2.05) is 24.0 Å². The monoisotopic (exact) mass is 564 g/mol. The molecule has 3 aromatic rings. The minimum atomic E-state index is -0.690. The second-order valence-electron chi connectivity index (χ2n) is 10.4. The van der Waals surface area contributed by atoms with Gasteiger partial charge in [-0.05, 0) is 31.9 Å². The van der Waals surface area contributed by atoms with Crippen LogP contribution in [-0.4, -0.2) is 75.3 Å². The molecular formula is C28H36N8O5. The third-order valence-corrected chi connectivity index (χ3v) is 7.48. The Morgan fingerprint density at radius 1 is 1.24 bits per heavy atom. The largest absolute Gasteiger partial charge is 0.366 e. The van der Waals surface area contributed by atoms with Crippen molar-refractivity contribution in [2.75, 3.05) is 43.0 Å². The fourth-order valence-electron chi connectivity index (χ4n) is 5.33. The molecule has 0 spiro atoms. The second-order valence-corrected chi connectivity index (χ2v) is 10.4. The number of Topliss-reactive ketones (excluding diaryl/α,β-unsaturated/α-hetero) is 1. The van der Waals surface area contributed by atoms with Crippen LogP contribution < -0.4 is 32.5 Å². The summed E-state index contributed by atoms with van der Waals surface area (Å²) in [5.74, 6) is -0.314. The summed E-state index contributed by atoms with van der Waals surface area (Å²) in [5, 5.41) is 5.86. The second kappa shape index (κ2) is 12.2. The summed E-state index contributed by atoms with van der Waals surface area (Å²) in [4.78, 5) is 60.3. The van der Waals surface area contributed by atoms with Crippen molar-refractivity contribution >= 4 is 34.5 Å². The van der Waals surface area contributed by atoms with E-state index in [1.54, 1.807) is 28.8 Å². The number of fused-ring (bicyclic) bond motifs is 1. The van der Waals surface area contributed by atoms with Crippen molar-refractivity contribution in [1.29, 1.82) is 0 Å². The van der Waals surface area contributed by atoms with E-state index in [2.05, 4.69) is 10.6 Å². The number of aryl methyl sites for hydroxylation is 1. The van der Waals surface area contributed by atoms with Crippen molar-refractivity contribution < 1.29 is 14.3 Å². The number of nitrogens with zero attached hydrogens (tertiary/aromatic N) is 5. The number of anilines is 2. The van der Waals surface area contributed by atoms with E-state index in [4.69, 9.17) is 15.5 Å². The molecule has 2 unspecified atom stereocenters. The lowest BCUT2D eigenvalue weighted by atomic mass is 10.1. The Kier molecular flexibility index (Phi) is 8.47. The van der Waals surface area contributed by atoms with Crippen molar-refractivity contribution in [2.45, 2.75) is 45.0 Å². The summed E-state index contributed by atoms with van der Waals surface area (Å²) in [6.07, 6.45) is 4.89. The van der Waals surface area contributed by atoms with Gasteiger partial charge in [0.05, 0.1) is 18.8 Å². The topological polar surface area (TPSA) is 159 Å². The molecule has 1 aromatic carbocycles. The number of para-hydroxylation sites is 1. The van der Waals surface area contributed by atoms with E-state index in [1.165, 1.54) is 11.6 Å². The Bertz CT molecular complexity index is 1600. The van der Waals surface area contributed by atoms with Gasteiger partial charge in [-0.2, -0.15) is 4.98 Å². The number of rotatable bonds is 8. The third-order valence-electron chi connectivity index (χ3n) is 7.48. The molecule has 4 heterocycles. The van der Waals surface area contributed by atoms with Crippen molar-refractivity contribution in [3.05, 3.63) is 62.8 Å². The van der Waals surface area contributed by atoms with Gasteiger partial charge in [0.15, 0.2) is 16.9 Å². The van der Waals surface area contributed by atoms with Gasteiger partial charge < -0.3 is 30.6 Å². The number of ketones is 1. The van der Waals surface area contributed by atoms with Gasteiger partial charge >= 0.3 is 5.69 Å². The van der Waals surface area contributed by atoms with Crippen LogP contribution in [0.3, 0.4) is 0 Å². The predicted octanol–water partition coefficient (Wildman–Crippen LogP) is 0.210. The average molecular weight is 565 g/mol. The Morgan fingerprint density at radius 3 is 2.78 bits per heavy atom. The zero-order chi connectivity index (χ0) is 29.1. The van der Waals surface area contributed by atoms with Gasteiger partial charge in [-0.25, -0.2) is 4.79 Å². The first-order valence-corrected chi connectivity index (χ1v) is 13.9. The summed E-state index contributed by atoms with van der Waals surface area (Å²) in [6, 6.07) is 6.50. The number of benzene rings is 1. The Balaban J connectivity index is 1.51. The molecule has 2 aliphatic heterocycles. The maximum atomic E-state index is 13.9. The van der Waals surface area contributed by atoms with Crippen LogP contribution in [-0.2, 0) is 29.7 Å². The lowest BCUT2D eigenvalue weighted by Crippen LogP contribution is -2.45. The molecule has 4 N–H and O–H groups in total. The number of imidazole rings is 1. The number of nitrogens with two attached hydrogens (primary N) is 1. The lowest BCUT2D eigenvalue weighted by Gasteiger charge is -2.31. The van der Waals surface area contributed by atoms with Gasteiger partial charge in [0, 0.05) is 51.4 Å². The van der Waals surface area contributed by atoms with Crippen LogP contribution in [0.5, 0.6) is 0 Å². The normalized spacial score (nSPS) is 19.6. The number of piperidine rings is 1. The molecule has 2 aliphatic rings. The van der Waals surface area contributed by atoms with E-state index in [0.29, 0.717) is 38.7 Å². The minimum absolute atomic E-state index is 0.0154. The fourth-order valence-corrected chi connectivity index (χ4v) is 5.33. The predicted molar refractivity (Wildman–Crippen MR) is 155 cm³/mol. The van der Waals surface area contributed by atoms with Crippen LogP contribution >= 0.6 is 0 Å². The average Bonchev–Trinajstić information content (AvgIpc) is 3.37. The van der Waals surface area contributed by atoms with Crippen LogP contribution in [0, 0.1) is 0 Å². The van der Waals surface area contributed by atoms with E-state index in [0.717, 1.165) is 24.0 Å². The van der Waals surface area contributed by atoms with Crippen LogP contribution in [0.1, 0.15) is 30.1 Å². The number of amides is 1. The van der Waals surface area contributed by atoms with Crippen molar-refractivity contribution in [2.24, 2.45) is 12.8 Å². The summed E-state index contributed by atoms with van der Waals surface area (Å²) in [7, 11) is 1.54. The molecule has 5 rings (SSSR count). The highest BCUT2D eigenvalue weighted by molar-refractivity contribution is 6.05. The maximum absolute atomic E-state index is 13.9. The molecule has 13 heteroatoms. The quantitative estimate of drug-likeness (QED) is 0.257. The SMILES string of the molecule is CC=CCn1c(N2CCCC(N)C2)nc2c1c(=O)n(CC(=O)c1ccccc1NC(=O)C1CNCCO1)c(=O)n2C. The molecule has 0 aliphatic carbocycles. The van der Waals surface area contributed by atoms with Crippen LogP contribution in [0.15, 0.2) is 46.0 Å². The molecule has 2 fully saturated rings. The molecule has 218 valence electrons. The van der Waals surface area contributed by atoms with Crippen LogP contribution in [0.2, 0.25) is 0 Å². The summed E-state index contributed by atoms with van der Waals surface area (Å²) in [6.45, 7) is 4.49. The van der Waals surface area contributed by atoms with Gasteiger partial charge in [0.2, 0.25) is 5.95 Å². The van der Waals surface area contributed by atoms with Gasteiger partial charge in [-0.1, -0.05) is 24.3 Å². The lowest BCUT2D eigenvalue weighted by molar-refractivity contribution is -0.128. The Morgan fingerprint density at radius 2 is 2.05 bits per heavy atom. The zero-order valence-corrected chi connectivity index (χ0v) is 23.3. The highest BCUT2D eigenvalue weighted by Crippen LogP contribution is 2.23. The highest BCUT2D eigenvalue weighted by atomic mass is 16.5. The van der Waals surface area contributed by atoms with Gasteiger partial charge in [-0.15, -0.1) is 0 Å². The first kappa shape index (κ1) is 28.5. The number of carbonyl (C=O) groups excluding carboxylic acids is 2. The molecule has 2 saturated heterocycles. The molecule has 13 nitrogen and oxygen atoms in total. The van der Waals surface area contributed by atoms with E-state index in [-0.39, 0.29) is 34.4 Å². The van der Waals surface area contributed by atoms with Crippen molar-refractivity contribution in [3.63, 3.8) is 0 Å². The van der Waals surface area contributed by atoms with Crippen molar-refractivity contribution in [1.82, 2.24) is 24.0 Å². The number of morpholine rings is 1. The van der Waals surface area contributed by atoms with Crippen LogP contribution in [0.4, 0.5) is 11.6 Å². The standard InChI is InChI=1S/C28H36N8O5/c1-3-4-13-35-23-24(32-27(35)34-12-7-8-18(29)16-34)33(2)28(40)36(26(23)39)17-21(37)19-9-5-6-10-20(19)31-25(38)22-15-30-11-14-41-22/h3-6,9-10,18,22,30H,7-8,11-17,29H2,1-2H3,(H,31,38). The summed E-state index contributed by atoms with van der Waals surface area (Å²) < 4.78 is 9.52. The van der Waals surface area contributed by atoms with Gasteiger partial charge in [0.25, 0.3) is 11.5 Å². The van der Waals surface area contributed by atoms with Crippen LogP contribution in [0.25, 0.3) is 11.2 Å². The maximum Gasteiger partial charge on any atom is 0.332 e. The molecule has 0 saturated carbocycles. The highest BCUT2D eigenvalue weighted by Gasteiger charge is 2.27. The number of ether oxygens (including phenoxy) is 1. The van der Waals surface area contributed by atoms with E-state index >= 15 is 0 Å². The van der Waals surface area contributed by atoms with Gasteiger partial charge in [0.1, 0.15) is 6.10 Å².